The maximum atomic E-state index is 15.1. The monoisotopic (exact) mass is 478 g/mol. The number of nitrogens with two attached hydrogens (primary N) is 1. The van der Waals surface area contributed by atoms with Gasteiger partial charge < -0.3 is 24.8 Å². The number of nitrogens with zero attached hydrogens (tertiary/aromatic N) is 5. The van der Waals surface area contributed by atoms with Gasteiger partial charge in [-0.3, -0.25) is 9.78 Å². The number of rotatable bonds is 6. The highest BCUT2D eigenvalue weighted by atomic mass is 19.1. The minimum Gasteiger partial charge on any atom is -0.477 e. The lowest BCUT2D eigenvalue weighted by Gasteiger charge is -2.22. The number of carboxylic acid groups (broad SMARTS) is 1. The molecule has 1 fully saturated rings. The van der Waals surface area contributed by atoms with E-state index in [1.807, 2.05) is 4.90 Å². The molecule has 1 saturated heterocycles. The van der Waals surface area contributed by atoms with Crippen molar-refractivity contribution in [2.24, 2.45) is 11.7 Å². The molecule has 0 radical (unpaired) electrons. The molecule has 1 unspecified atom stereocenters. The zero-order valence-corrected chi connectivity index (χ0v) is 18.9. The summed E-state index contributed by atoms with van der Waals surface area (Å²) in [6.07, 6.45) is 5.29. The molecule has 1 aromatic carbocycles. The van der Waals surface area contributed by atoms with Crippen LogP contribution in [0.4, 0.5) is 10.1 Å². The van der Waals surface area contributed by atoms with E-state index in [9.17, 15) is 14.7 Å². The van der Waals surface area contributed by atoms with E-state index < -0.39 is 28.8 Å². The van der Waals surface area contributed by atoms with Gasteiger partial charge in [-0.25, -0.2) is 9.18 Å². The minimum atomic E-state index is -1.41. The van der Waals surface area contributed by atoms with Crippen molar-refractivity contribution < 1.29 is 18.8 Å². The van der Waals surface area contributed by atoms with Crippen molar-refractivity contribution in [2.75, 3.05) is 24.5 Å². The Balaban J connectivity index is 1.65. The van der Waals surface area contributed by atoms with Crippen LogP contribution in [-0.2, 0) is 0 Å². The number of carbonyl (C=O) groups is 1. The van der Waals surface area contributed by atoms with Gasteiger partial charge in [0.2, 0.25) is 17.1 Å². The molecule has 1 aliphatic rings. The summed E-state index contributed by atoms with van der Waals surface area (Å²) >= 11 is 0. The van der Waals surface area contributed by atoms with Crippen LogP contribution < -0.4 is 16.1 Å². The summed E-state index contributed by atoms with van der Waals surface area (Å²) in [7, 11) is 0. The number of aromatic carboxylic acids is 1. The topological polar surface area (TPSA) is 140 Å². The second kappa shape index (κ2) is 8.91. The van der Waals surface area contributed by atoms with Crippen LogP contribution in [-0.4, -0.2) is 50.4 Å². The Morgan fingerprint density at radius 3 is 2.80 bits per heavy atom. The smallest absolute Gasteiger partial charge is 0.341 e. The van der Waals surface area contributed by atoms with Crippen molar-refractivity contribution in [3.05, 3.63) is 70.4 Å². The number of aromatic nitrogens is 4. The minimum absolute atomic E-state index is 0.0403. The number of halogens is 1. The molecule has 0 saturated carbocycles. The van der Waals surface area contributed by atoms with Crippen molar-refractivity contribution in [3.8, 4) is 11.4 Å². The van der Waals surface area contributed by atoms with Gasteiger partial charge in [0, 0.05) is 42.6 Å². The van der Waals surface area contributed by atoms with Crippen LogP contribution in [0.3, 0.4) is 0 Å². The molecule has 10 nitrogen and oxygen atoms in total. The quantitative estimate of drug-likeness (QED) is 0.428. The number of hydrogen-bond acceptors (Lipinski definition) is 8. The third kappa shape index (κ3) is 4.03. The van der Waals surface area contributed by atoms with E-state index in [-0.39, 0.29) is 17.2 Å². The van der Waals surface area contributed by atoms with Gasteiger partial charge in [-0.15, -0.1) is 0 Å². The zero-order chi connectivity index (χ0) is 24.7. The molecule has 4 aromatic rings. The standard InChI is InChI=1S/C24H23FN6O4/c1-13(23-28-22(29-35-23)15-2-5-27-6-3-15)31-12-17(24(33)34)21(32)16-8-18(25)20(9-19(16)31)30-7-4-14(10-26)11-30/h2-3,5-6,8-9,12-14H,4,7,10-11,26H2,1H3,(H,33,34)/t13?,14-/m0/s1. The molecule has 0 bridgehead atoms. The summed E-state index contributed by atoms with van der Waals surface area (Å²) in [5.74, 6) is -1.20. The molecule has 4 heterocycles. The first-order chi connectivity index (χ1) is 16.9. The molecule has 2 atom stereocenters. The van der Waals surface area contributed by atoms with Gasteiger partial charge in [0.05, 0.1) is 11.2 Å². The van der Waals surface area contributed by atoms with Crippen LogP contribution in [0.25, 0.3) is 22.3 Å². The number of fused-ring (bicyclic) bond motifs is 1. The second-order valence-corrected chi connectivity index (χ2v) is 8.61. The van der Waals surface area contributed by atoms with Gasteiger partial charge in [-0.05, 0) is 50.1 Å². The molecule has 35 heavy (non-hydrogen) atoms. The van der Waals surface area contributed by atoms with E-state index in [2.05, 4.69) is 15.1 Å². The molecule has 0 amide bonds. The van der Waals surface area contributed by atoms with Crippen molar-refractivity contribution in [2.45, 2.75) is 19.4 Å². The summed E-state index contributed by atoms with van der Waals surface area (Å²) < 4.78 is 22.2. The van der Waals surface area contributed by atoms with Gasteiger partial charge in [0.25, 0.3) is 0 Å². The molecule has 11 heteroatoms. The maximum absolute atomic E-state index is 15.1. The summed E-state index contributed by atoms with van der Waals surface area (Å²) in [5, 5.41) is 13.6. The van der Waals surface area contributed by atoms with Gasteiger partial charge >= 0.3 is 5.97 Å². The molecular formula is C24H23FN6O4. The fourth-order valence-corrected chi connectivity index (χ4v) is 4.46. The molecule has 180 valence electrons. The number of pyridine rings is 2. The molecular weight excluding hydrogens is 455 g/mol. The average molecular weight is 478 g/mol. The highest BCUT2D eigenvalue weighted by Gasteiger charge is 2.27. The second-order valence-electron chi connectivity index (χ2n) is 8.61. The van der Waals surface area contributed by atoms with Crippen LogP contribution in [0.2, 0.25) is 0 Å². The first-order valence-electron chi connectivity index (χ1n) is 11.2. The van der Waals surface area contributed by atoms with E-state index in [1.54, 1.807) is 42.1 Å². The van der Waals surface area contributed by atoms with Crippen LogP contribution in [0.15, 0.2) is 52.2 Å². The van der Waals surface area contributed by atoms with E-state index >= 15 is 4.39 Å². The SMILES string of the molecule is CC(c1nc(-c2ccncc2)no1)n1cc(C(=O)O)c(=O)c2cc(F)c(N3CC[C@@H](CN)C3)cc21. The summed E-state index contributed by atoms with van der Waals surface area (Å²) in [6, 6.07) is 5.50. The third-order valence-electron chi connectivity index (χ3n) is 6.45. The first kappa shape index (κ1) is 22.7. The van der Waals surface area contributed by atoms with E-state index in [1.165, 1.54) is 6.20 Å². The Bertz CT molecular complexity index is 1470. The Morgan fingerprint density at radius 2 is 2.11 bits per heavy atom. The molecule has 1 aliphatic heterocycles. The van der Waals surface area contributed by atoms with Gasteiger partial charge in [0.1, 0.15) is 17.4 Å². The lowest BCUT2D eigenvalue weighted by Crippen LogP contribution is -2.25. The number of benzene rings is 1. The Morgan fingerprint density at radius 1 is 1.34 bits per heavy atom. The highest BCUT2D eigenvalue weighted by Crippen LogP contribution is 2.31. The third-order valence-corrected chi connectivity index (χ3v) is 6.45. The van der Waals surface area contributed by atoms with Crippen LogP contribution in [0.1, 0.15) is 35.6 Å². The largest absolute Gasteiger partial charge is 0.477 e. The molecule has 0 spiro atoms. The first-order valence-corrected chi connectivity index (χ1v) is 11.2. The van der Waals surface area contributed by atoms with Crippen molar-refractivity contribution in [3.63, 3.8) is 0 Å². The van der Waals surface area contributed by atoms with Gasteiger partial charge in [0.15, 0.2) is 0 Å². The lowest BCUT2D eigenvalue weighted by atomic mass is 10.1. The van der Waals surface area contributed by atoms with Crippen molar-refractivity contribution >= 4 is 22.6 Å². The molecule has 5 rings (SSSR count). The number of anilines is 1. The van der Waals surface area contributed by atoms with Crippen LogP contribution in [0, 0.1) is 11.7 Å². The van der Waals surface area contributed by atoms with Crippen LogP contribution >= 0.6 is 0 Å². The van der Waals surface area contributed by atoms with Gasteiger partial charge in [-0.2, -0.15) is 4.98 Å². The lowest BCUT2D eigenvalue weighted by molar-refractivity contribution is 0.0694. The maximum Gasteiger partial charge on any atom is 0.341 e. The predicted molar refractivity (Wildman–Crippen MR) is 126 cm³/mol. The van der Waals surface area contributed by atoms with E-state index in [0.717, 1.165) is 12.5 Å². The Labute approximate surface area is 198 Å². The van der Waals surface area contributed by atoms with Crippen molar-refractivity contribution in [1.82, 2.24) is 19.7 Å². The van der Waals surface area contributed by atoms with Gasteiger partial charge in [-0.1, -0.05) is 5.16 Å². The van der Waals surface area contributed by atoms with E-state index in [0.29, 0.717) is 42.2 Å². The molecule has 0 aliphatic carbocycles. The summed E-state index contributed by atoms with van der Waals surface area (Å²) in [4.78, 5) is 35.0. The van der Waals surface area contributed by atoms with E-state index in [4.69, 9.17) is 10.3 Å². The fraction of sp³-hybridized carbons (Fsp3) is 0.292. The average Bonchev–Trinajstić information content (AvgIpc) is 3.54. The number of carboxylic acids is 1. The molecule has 3 N–H and O–H groups in total. The van der Waals surface area contributed by atoms with Crippen molar-refractivity contribution in [1.29, 1.82) is 0 Å². The normalized spacial score (nSPS) is 16.7. The summed E-state index contributed by atoms with van der Waals surface area (Å²) in [6.45, 7) is 3.48. The Hall–Kier alpha value is -4.12. The highest BCUT2D eigenvalue weighted by molar-refractivity contribution is 5.93. The van der Waals surface area contributed by atoms with Crippen LogP contribution in [0.5, 0.6) is 0 Å². The summed E-state index contributed by atoms with van der Waals surface area (Å²) in [5.41, 5.74) is 5.95. The Kier molecular flexibility index (Phi) is 5.77. The predicted octanol–water partition coefficient (Wildman–Crippen LogP) is 2.68. The zero-order valence-electron chi connectivity index (χ0n) is 18.9. The molecule has 3 aromatic heterocycles. The fourth-order valence-electron chi connectivity index (χ4n) is 4.46. The number of hydrogen-bond donors (Lipinski definition) is 2.